The smallest absolute Gasteiger partial charge is 0.320 e. The number of aromatic amines is 1. The maximum absolute atomic E-state index is 11.2. The monoisotopic (exact) mass is 287 g/mol. The number of carbonyl (C=O) groups is 1. The molecule has 2 aromatic rings. The molecule has 0 saturated heterocycles. The van der Waals surface area contributed by atoms with Crippen LogP contribution in [-0.4, -0.2) is 27.0 Å². The molecule has 21 heavy (non-hydrogen) atoms. The molecule has 0 spiro atoms. The molecule has 7 nitrogen and oxygen atoms in total. The van der Waals surface area contributed by atoms with E-state index in [4.69, 9.17) is 17.3 Å². The second-order valence-electron chi connectivity index (χ2n) is 4.66. The Morgan fingerprint density at radius 1 is 1.62 bits per heavy atom. The number of nitrogens with one attached hydrogen (secondary N) is 1. The van der Waals surface area contributed by atoms with Gasteiger partial charge in [0, 0.05) is 23.7 Å². The minimum atomic E-state index is -1.17. The van der Waals surface area contributed by atoms with Crippen molar-refractivity contribution in [3.63, 3.8) is 0 Å². The van der Waals surface area contributed by atoms with Crippen molar-refractivity contribution < 1.29 is 14.8 Å². The van der Waals surface area contributed by atoms with Crippen molar-refractivity contribution in [1.82, 2.24) is 4.98 Å². The Morgan fingerprint density at radius 2 is 2.29 bits per heavy atom. The molecule has 108 valence electrons. The summed E-state index contributed by atoms with van der Waals surface area (Å²) in [6.07, 6.45) is 5.37. The van der Waals surface area contributed by atoms with Gasteiger partial charge in [0.25, 0.3) is 5.69 Å². The average Bonchev–Trinajstić information content (AvgIpc) is 2.74. The number of carboxylic acid groups (broad SMARTS) is 1. The van der Waals surface area contributed by atoms with Crippen LogP contribution in [-0.2, 0) is 11.2 Å². The summed E-state index contributed by atoms with van der Waals surface area (Å²) in [6, 6.07) is 1.66. The summed E-state index contributed by atoms with van der Waals surface area (Å²) in [5, 5.41) is 20.4. The number of aliphatic carboxylic acids is 1. The summed E-state index contributed by atoms with van der Waals surface area (Å²) in [5.74, 6) is 1.28. The maximum Gasteiger partial charge on any atom is 0.320 e. The molecule has 1 atom stereocenters. The number of aromatic nitrogens is 1. The standard InChI is InChI=1S/C14H13N3O4/c1-3-8-4-5-11(17(20)21)12-9(6-10(15)14(18)19)7(2)16-13(8)12/h1,4-5,10,16H,6,15H2,2H3,(H,18,19). The molecule has 0 aliphatic carbocycles. The van der Waals surface area contributed by atoms with Crippen molar-refractivity contribution >= 4 is 22.6 Å². The number of terminal acetylenes is 1. The summed E-state index contributed by atoms with van der Waals surface area (Å²) in [6.45, 7) is 1.70. The Bertz CT molecular complexity index is 786. The van der Waals surface area contributed by atoms with Gasteiger partial charge < -0.3 is 15.8 Å². The Morgan fingerprint density at radius 3 is 2.81 bits per heavy atom. The van der Waals surface area contributed by atoms with Gasteiger partial charge in [-0.15, -0.1) is 6.42 Å². The van der Waals surface area contributed by atoms with Crippen LogP contribution in [0.15, 0.2) is 12.1 Å². The molecule has 0 radical (unpaired) electrons. The number of benzene rings is 1. The van der Waals surface area contributed by atoms with Gasteiger partial charge in [-0.2, -0.15) is 0 Å². The Balaban J connectivity index is 2.76. The van der Waals surface area contributed by atoms with Gasteiger partial charge in [-0.05, 0) is 18.6 Å². The number of nitro groups is 1. The number of nitro benzene ring substituents is 1. The van der Waals surface area contributed by atoms with Crippen molar-refractivity contribution in [3.05, 3.63) is 39.1 Å². The van der Waals surface area contributed by atoms with Gasteiger partial charge in [0.2, 0.25) is 0 Å². The summed E-state index contributed by atoms with van der Waals surface area (Å²) in [4.78, 5) is 24.6. The number of fused-ring (bicyclic) bond motifs is 1. The number of rotatable bonds is 4. The topological polar surface area (TPSA) is 122 Å². The van der Waals surface area contributed by atoms with Gasteiger partial charge >= 0.3 is 5.97 Å². The minimum Gasteiger partial charge on any atom is -0.480 e. The van der Waals surface area contributed by atoms with Crippen LogP contribution >= 0.6 is 0 Å². The predicted molar refractivity (Wildman–Crippen MR) is 76.9 cm³/mol. The number of nitrogens with two attached hydrogens (primary N) is 1. The number of nitrogens with zero attached hydrogens (tertiary/aromatic N) is 1. The molecule has 0 amide bonds. The lowest BCUT2D eigenvalue weighted by Crippen LogP contribution is -2.32. The van der Waals surface area contributed by atoms with E-state index >= 15 is 0 Å². The van der Waals surface area contributed by atoms with E-state index < -0.39 is 16.9 Å². The molecule has 1 aromatic carbocycles. The van der Waals surface area contributed by atoms with Crippen molar-refractivity contribution in [2.75, 3.05) is 0 Å². The van der Waals surface area contributed by atoms with Crippen LogP contribution in [0, 0.1) is 29.4 Å². The zero-order chi connectivity index (χ0) is 15.7. The predicted octanol–water partition coefficient (Wildman–Crippen LogP) is 1.32. The molecule has 0 aliphatic heterocycles. The van der Waals surface area contributed by atoms with Crippen LogP contribution in [0.1, 0.15) is 16.8 Å². The summed E-state index contributed by atoms with van der Waals surface area (Å²) >= 11 is 0. The molecule has 0 aliphatic rings. The third-order valence-electron chi connectivity index (χ3n) is 3.34. The molecule has 0 fully saturated rings. The first-order valence-corrected chi connectivity index (χ1v) is 6.10. The fraction of sp³-hybridized carbons (Fsp3) is 0.214. The van der Waals surface area contributed by atoms with Crippen LogP contribution in [0.25, 0.3) is 10.9 Å². The molecule has 1 heterocycles. The van der Waals surface area contributed by atoms with Crippen LogP contribution in [0.5, 0.6) is 0 Å². The van der Waals surface area contributed by atoms with E-state index in [1.807, 2.05) is 0 Å². The molecule has 2 rings (SSSR count). The molecule has 0 saturated carbocycles. The highest BCUT2D eigenvalue weighted by atomic mass is 16.6. The number of hydrogen-bond acceptors (Lipinski definition) is 4. The van der Waals surface area contributed by atoms with Crippen molar-refractivity contribution in [2.24, 2.45) is 5.73 Å². The molecular formula is C14H13N3O4. The first-order valence-electron chi connectivity index (χ1n) is 6.10. The van der Waals surface area contributed by atoms with E-state index in [-0.39, 0.29) is 12.1 Å². The van der Waals surface area contributed by atoms with E-state index in [0.717, 1.165) is 0 Å². The lowest BCUT2D eigenvalue weighted by molar-refractivity contribution is -0.383. The van der Waals surface area contributed by atoms with Gasteiger partial charge in [0.05, 0.1) is 15.8 Å². The largest absolute Gasteiger partial charge is 0.480 e. The molecule has 0 bridgehead atoms. The van der Waals surface area contributed by atoms with Gasteiger partial charge in [0.15, 0.2) is 0 Å². The highest BCUT2D eigenvalue weighted by Gasteiger charge is 2.24. The van der Waals surface area contributed by atoms with Crippen LogP contribution in [0.3, 0.4) is 0 Å². The molecular weight excluding hydrogens is 274 g/mol. The highest BCUT2D eigenvalue weighted by molar-refractivity contribution is 5.97. The van der Waals surface area contributed by atoms with Crippen molar-refractivity contribution in [1.29, 1.82) is 0 Å². The zero-order valence-corrected chi connectivity index (χ0v) is 11.2. The van der Waals surface area contributed by atoms with Crippen LogP contribution in [0.4, 0.5) is 5.69 Å². The first kappa shape index (κ1) is 14.6. The van der Waals surface area contributed by atoms with Crippen LogP contribution < -0.4 is 5.73 Å². The van der Waals surface area contributed by atoms with Crippen LogP contribution in [0.2, 0.25) is 0 Å². The summed E-state index contributed by atoms with van der Waals surface area (Å²) in [7, 11) is 0. The molecule has 4 N–H and O–H groups in total. The van der Waals surface area contributed by atoms with E-state index in [1.165, 1.54) is 12.1 Å². The summed E-state index contributed by atoms with van der Waals surface area (Å²) < 4.78 is 0. The van der Waals surface area contributed by atoms with Crippen molar-refractivity contribution in [2.45, 2.75) is 19.4 Å². The quantitative estimate of drug-likeness (QED) is 0.444. The van der Waals surface area contributed by atoms with E-state index in [9.17, 15) is 14.9 Å². The minimum absolute atomic E-state index is 0.0178. The Hall–Kier alpha value is -2.85. The Kier molecular flexibility index (Phi) is 3.65. The second-order valence-corrected chi connectivity index (χ2v) is 4.66. The zero-order valence-electron chi connectivity index (χ0n) is 11.2. The number of hydrogen-bond donors (Lipinski definition) is 3. The van der Waals surface area contributed by atoms with Gasteiger partial charge in [-0.1, -0.05) is 5.92 Å². The fourth-order valence-corrected chi connectivity index (χ4v) is 2.31. The van der Waals surface area contributed by atoms with Gasteiger partial charge in [-0.3, -0.25) is 14.9 Å². The fourth-order valence-electron chi connectivity index (χ4n) is 2.31. The van der Waals surface area contributed by atoms with Gasteiger partial charge in [-0.25, -0.2) is 0 Å². The normalized spacial score (nSPS) is 12.0. The molecule has 1 aromatic heterocycles. The third-order valence-corrected chi connectivity index (χ3v) is 3.34. The second kappa shape index (κ2) is 5.26. The SMILES string of the molecule is C#Cc1ccc([N+](=O)[O-])c2c(CC(N)C(=O)O)c(C)[nH]c12. The molecule has 1 unspecified atom stereocenters. The lowest BCUT2D eigenvalue weighted by atomic mass is 10.0. The number of non-ortho nitro benzene ring substituents is 1. The number of H-pyrrole nitrogens is 1. The summed E-state index contributed by atoms with van der Waals surface area (Å²) in [5.41, 5.74) is 7.47. The van der Waals surface area contributed by atoms with Crippen molar-refractivity contribution in [3.8, 4) is 12.3 Å². The molecule has 7 heteroatoms. The number of carboxylic acids is 1. The lowest BCUT2D eigenvalue weighted by Gasteiger charge is -2.07. The maximum atomic E-state index is 11.2. The average molecular weight is 287 g/mol. The van der Waals surface area contributed by atoms with E-state index in [2.05, 4.69) is 10.9 Å². The van der Waals surface area contributed by atoms with E-state index in [0.29, 0.717) is 27.7 Å². The highest BCUT2D eigenvalue weighted by Crippen LogP contribution is 2.33. The van der Waals surface area contributed by atoms with E-state index in [1.54, 1.807) is 6.92 Å². The third kappa shape index (κ3) is 2.44. The van der Waals surface area contributed by atoms with Gasteiger partial charge in [0.1, 0.15) is 6.04 Å². The first-order chi connectivity index (χ1) is 9.86. The number of aryl methyl sites for hydroxylation is 1. The Labute approximate surface area is 119 Å².